The largest absolute Gasteiger partial charge is 1.00 e. The van der Waals surface area contributed by atoms with Crippen molar-refractivity contribution in [2.75, 3.05) is 9.80 Å². The molecule has 0 spiro atoms. The van der Waals surface area contributed by atoms with E-state index < -0.39 is 51.1 Å². The van der Waals surface area contributed by atoms with Crippen LogP contribution in [0.3, 0.4) is 0 Å². The summed E-state index contributed by atoms with van der Waals surface area (Å²) in [5.74, 6) is 0. The van der Waals surface area contributed by atoms with Crippen LogP contribution in [-0.4, -0.2) is 93.6 Å². The molecule has 0 unspecified atom stereocenters. The SMILES string of the molecule is C.C1CCC([PH+](C2CCCCC2)C2CCCCC2)CC1.C1CCC([PH+](C2CCCCC2)C2CCCCC2)CC1.CCc1cccc(CC)c1N1[CH-]C(C)(C)CC1(C)C.CCc1cccc(CC)c1N1[CH-]C(C)(C)CC1(C)C.CCc1cccc(CC)c1[N+]1=CC(C)(C)CC1(C)C.FB(F)F.[CH2+][Si](C)(C)[N-][Si](C)(C)C.[Cl][Ru]([Cl])=[C]1C=C(c2ccccc2)c2ccccc21.[Cl][Ru]([Cl])=[C]1C=C(c2ccccc2)c2ccccc21.[F-].[Li+]. The minimum Gasteiger partial charge on any atom is -1.00 e. The van der Waals surface area contributed by atoms with Crippen LogP contribution in [-0.2, 0) is 65.6 Å². The molecule has 3 heterocycles. The van der Waals surface area contributed by atoms with E-state index in [9.17, 15) is 12.9 Å². The summed E-state index contributed by atoms with van der Waals surface area (Å²) in [6.07, 6.45) is 64.6. The van der Waals surface area contributed by atoms with E-state index in [0.717, 1.165) is 46.7 Å². The maximum Gasteiger partial charge on any atom is 1.00 e. The Labute approximate surface area is 939 Å². The monoisotopic (exact) mass is 2330 g/mol. The minimum atomic E-state index is -3.67. The van der Waals surface area contributed by atoms with E-state index in [1.807, 2.05) is 48.5 Å². The van der Waals surface area contributed by atoms with E-state index >= 15 is 0 Å². The Morgan fingerprint density at radius 2 is 0.626 bits per heavy atom. The van der Waals surface area contributed by atoms with Crippen LogP contribution in [0, 0.1) is 35.9 Å². The molecule has 147 heavy (non-hydrogen) atoms. The first-order valence-corrected chi connectivity index (χ1v) is 77.1. The first kappa shape index (κ1) is 131. The summed E-state index contributed by atoms with van der Waals surface area (Å²) in [6.45, 7) is 61.9. The molecule has 0 N–H and O–H groups in total. The molecule has 0 radical (unpaired) electrons. The van der Waals surface area contributed by atoms with Gasteiger partial charge in [0.1, 0.15) is 0 Å². The molecular formula is C127H193BCl4F4LiN4P2Ru2Si2+. The zero-order valence-corrected chi connectivity index (χ0v) is 105. The van der Waals surface area contributed by atoms with E-state index in [-0.39, 0.29) is 79.7 Å². The second kappa shape index (κ2) is 61.8. The van der Waals surface area contributed by atoms with E-state index in [4.69, 9.17) is 43.4 Å². The Hall–Kier alpha value is -3.06. The molecule has 0 aromatic heterocycles. The number of allylic oxidation sites excluding steroid dienone is 2. The standard InChI is InChI=1S/3C18H28N.2C18H33P.2C15H10.C6H17NSi2.CH4.BF3.4ClH.FH.Li.2Ru/c3*1-7-14-10-9-11-15(8-2)16(14)19-13-17(3,4)12-18(19,5)6;2*1-4-10-16(11-5-1)19(17-12-6-2-7-13-17)18-14-8-3-9-15-18;2*1-2-6-12(7-3-1)15-11-10-13-8-4-5-9-14(13)15;1-8(2,3)7-9(4,5)6;;2-1(3)4;;;;;;;;/h3*9-11,13H,7-8,12H2,1-6H3;2*16-18H,1-15H2;2*1-9,11H;1H2,2-6H3;1H4;;5*1H;;;/q2*-1;+1;;;;;;;;;;;;;+1;2*+2/p-3. The average Bonchev–Trinajstić information content (AvgIpc) is 1.62. The molecule has 4 nitrogen and oxygen atoms in total. The van der Waals surface area contributed by atoms with Crippen LogP contribution in [0.15, 0.2) is 176 Å². The fourth-order valence-electron chi connectivity index (χ4n) is 26.8. The third-order valence-electron chi connectivity index (χ3n) is 31.7. The maximum atomic E-state index is 9.67. The molecule has 11 aliphatic rings. The molecule has 8 aliphatic carbocycles. The predicted octanol–water partition coefficient (Wildman–Crippen LogP) is 34.6. The number of hydrogen-bond acceptors (Lipinski definition) is 2. The van der Waals surface area contributed by atoms with Gasteiger partial charge in [-0.3, -0.25) is 12.9 Å². The molecule has 0 amide bonds. The van der Waals surface area contributed by atoms with Gasteiger partial charge in [-0.15, -0.1) is 10.8 Å². The number of nitrogens with zero attached hydrogens (tertiary/aromatic N) is 4. The molecule has 20 heteroatoms. The maximum absolute atomic E-state index is 9.67. The fourth-order valence-corrected chi connectivity index (χ4v) is 49.5. The molecular weight excluding hydrogens is 2140 g/mol. The molecule has 3 aliphatic heterocycles. The van der Waals surface area contributed by atoms with Gasteiger partial charge in [-0.05, 0) is 262 Å². The van der Waals surface area contributed by atoms with Crippen molar-refractivity contribution in [2.24, 2.45) is 16.2 Å². The van der Waals surface area contributed by atoms with Crippen molar-refractivity contribution < 1.29 is 68.1 Å². The van der Waals surface area contributed by atoms with Gasteiger partial charge in [0.15, 0.2) is 20.0 Å². The van der Waals surface area contributed by atoms with Crippen molar-refractivity contribution >= 4 is 121 Å². The molecule has 0 atom stereocenters. The fraction of sp³-hybridized carbons (Fsp3) is 0.591. The van der Waals surface area contributed by atoms with Gasteiger partial charge in [-0.25, -0.2) is 13.1 Å². The van der Waals surface area contributed by atoms with E-state index in [1.54, 1.807) is 193 Å². The zero-order chi connectivity index (χ0) is 105. The summed E-state index contributed by atoms with van der Waals surface area (Å²) in [6, 6.07) is 57.6. The van der Waals surface area contributed by atoms with Gasteiger partial charge in [-0.1, -0.05) is 224 Å². The molecule has 8 fully saturated rings. The molecule has 7 aromatic carbocycles. The van der Waals surface area contributed by atoms with E-state index in [0.29, 0.717) is 0 Å². The molecule has 18 rings (SSSR count). The Bertz CT molecular complexity index is 4860. The Kier molecular flexibility index (Phi) is 55.0. The average molecular weight is 2330 g/mol. The summed E-state index contributed by atoms with van der Waals surface area (Å²) in [4.78, 5) is 5.09. The molecule has 0 bridgehead atoms. The summed E-state index contributed by atoms with van der Waals surface area (Å²) in [5, 5.41) is 0. The predicted molar refractivity (Wildman–Crippen MR) is 647 cm³/mol. The number of halogens is 8. The second-order valence-electron chi connectivity index (χ2n) is 48.7. The van der Waals surface area contributed by atoms with Crippen LogP contribution in [0.5, 0.6) is 0 Å². The van der Waals surface area contributed by atoms with Crippen LogP contribution in [0.25, 0.3) is 15.8 Å². The quantitative estimate of drug-likeness (QED) is 0.0265. The van der Waals surface area contributed by atoms with Crippen molar-refractivity contribution in [3.63, 3.8) is 0 Å². The van der Waals surface area contributed by atoms with Gasteiger partial charge >= 0.3 is 266 Å². The van der Waals surface area contributed by atoms with Crippen LogP contribution in [0.4, 0.5) is 30.0 Å². The number of aryl methyl sites for hydroxylation is 6. The summed E-state index contributed by atoms with van der Waals surface area (Å²) < 4.78 is 38.5. The molecule has 6 saturated carbocycles. The number of anilines is 2. The third-order valence-corrected chi connectivity index (χ3v) is 52.2. The van der Waals surface area contributed by atoms with Gasteiger partial charge in [0.25, 0.3) is 0 Å². The number of fused-ring (bicyclic) bond motifs is 2. The van der Waals surface area contributed by atoms with Crippen molar-refractivity contribution in [3.05, 3.63) is 267 Å². The number of hydrogen-bond donors (Lipinski definition) is 0. The van der Waals surface area contributed by atoms with Gasteiger partial charge in [0.2, 0.25) is 5.69 Å². The number of rotatable bonds is 19. The van der Waals surface area contributed by atoms with Gasteiger partial charge < -0.3 is 19.2 Å². The van der Waals surface area contributed by atoms with Crippen molar-refractivity contribution in [2.45, 2.75) is 466 Å². The van der Waals surface area contributed by atoms with Crippen LogP contribution >= 0.6 is 54.6 Å². The van der Waals surface area contributed by atoms with Gasteiger partial charge in [0.05, 0.1) is 34.0 Å². The topological polar surface area (TPSA) is 23.6 Å². The number of benzene rings is 7. The Balaban J connectivity index is 0.000000227. The summed E-state index contributed by atoms with van der Waals surface area (Å²) in [5.41, 5.74) is 31.8. The minimum absolute atomic E-state index is 0. The van der Waals surface area contributed by atoms with Crippen LogP contribution in [0.2, 0.25) is 32.7 Å². The third kappa shape index (κ3) is 39.0. The normalized spacial score (nSPS) is 20.0. The molecule has 7 aromatic rings. The van der Waals surface area contributed by atoms with E-state index in [2.05, 4.69) is 325 Å². The van der Waals surface area contributed by atoms with Crippen LogP contribution in [0.1, 0.15) is 411 Å². The van der Waals surface area contributed by atoms with Crippen LogP contribution < -0.4 is 33.4 Å². The summed E-state index contributed by atoms with van der Waals surface area (Å²) >= 11 is -3.76. The molecule has 2 saturated heterocycles. The Morgan fingerprint density at radius 1 is 0.381 bits per heavy atom. The zero-order valence-electron chi connectivity index (χ0n) is 94.8. The van der Waals surface area contributed by atoms with Gasteiger partial charge in [0, 0.05) is 75.1 Å². The second-order valence-corrected chi connectivity index (χ2v) is 76.0. The number of para-hydroxylation sites is 3. The smallest absolute Gasteiger partial charge is 1.00 e. The van der Waals surface area contributed by atoms with Gasteiger partial charge in [-0.2, -0.15) is 4.58 Å². The summed E-state index contributed by atoms with van der Waals surface area (Å²) in [7, 11) is 18.5. The first-order chi connectivity index (χ1) is 68.3. The Morgan fingerprint density at radius 3 is 0.830 bits per heavy atom. The first-order valence-electron chi connectivity index (χ1n) is 56.3. The molecule has 814 valence electrons. The van der Waals surface area contributed by atoms with Crippen molar-refractivity contribution in [1.82, 2.24) is 0 Å². The van der Waals surface area contributed by atoms with Crippen molar-refractivity contribution in [1.29, 1.82) is 0 Å². The van der Waals surface area contributed by atoms with E-state index in [1.165, 1.54) is 148 Å². The van der Waals surface area contributed by atoms with Crippen molar-refractivity contribution in [3.8, 4) is 0 Å².